The molecule has 10 heteroatoms. The number of halogens is 1. The molecule has 0 bridgehead atoms. The van der Waals surface area contributed by atoms with E-state index in [0.717, 1.165) is 17.2 Å². The highest BCUT2D eigenvalue weighted by Gasteiger charge is 2.22. The molecule has 0 spiro atoms. The number of benzene rings is 3. The largest absolute Gasteiger partial charge is 0.490 e. The van der Waals surface area contributed by atoms with Crippen LogP contribution in [0.5, 0.6) is 5.75 Å². The van der Waals surface area contributed by atoms with E-state index in [1.807, 2.05) is 0 Å². The normalized spacial score (nSPS) is 12.3. The Balaban J connectivity index is 1.62. The van der Waals surface area contributed by atoms with Gasteiger partial charge in [0, 0.05) is 11.6 Å². The summed E-state index contributed by atoms with van der Waals surface area (Å²) in [4.78, 5) is 11.4. The molecule has 0 unspecified atom stereocenters. The number of aliphatic hydroxyl groups excluding tert-OH is 2. The molecule has 0 aliphatic carbocycles. The van der Waals surface area contributed by atoms with Gasteiger partial charge in [-0.1, -0.05) is 35.9 Å². The van der Waals surface area contributed by atoms with Crippen LogP contribution in [0, 0.1) is 0 Å². The maximum Gasteiger partial charge on any atom is 0.339 e. The van der Waals surface area contributed by atoms with Crippen LogP contribution in [0.25, 0.3) is 0 Å². The highest BCUT2D eigenvalue weighted by molar-refractivity contribution is 7.91. The standard InChI is InChI=1S/C25H26ClNO7S/c26-19-3-1-2-18(14-19)23(29)16-27-11-10-17-4-6-20(7-5-17)35(32,33)21-8-9-24(34-13-12-28)22(15-21)25(30)31/h1-9,14-15,23,27-29H,10-13,16H2,(H,30,31)/t23-/m1/s1. The van der Waals surface area contributed by atoms with E-state index in [9.17, 15) is 23.4 Å². The maximum atomic E-state index is 13.0. The quantitative estimate of drug-likeness (QED) is 0.268. The van der Waals surface area contributed by atoms with Crippen LogP contribution in [0.4, 0.5) is 0 Å². The molecule has 3 aromatic carbocycles. The Morgan fingerprint density at radius 3 is 2.40 bits per heavy atom. The van der Waals surface area contributed by atoms with E-state index in [2.05, 4.69) is 5.32 Å². The average molecular weight is 520 g/mol. The van der Waals surface area contributed by atoms with Crippen molar-refractivity contribution in [3.8, 4) is 5.75 Å². The van der Waals surface area contributed by atoms with E-state index in [0.29, 0.717) is 24.5 Å². The number of aromatic carboxylic acids is 1. The molecule has 0 aliphatic heterocycles. The van der Waals surface area contributed by atoms with Gasteiger partial charge in [-0.3, -0.25) is 0 Å². The smallest absolute Gasteiger partial charge is 0.339 e. The Morgan fingerprint density at radius 1 is 1.03 bits per heavy atom. The van der Waals surface area contributed by atoms with Crippen LogP contribution in [-0.2, 0) is 16.3 Å². The third-order valence-electron chi connectivity index (χ3n) is 5.24. The van der Waals surface area contributed by atoms with Gasteiger partial charge in [0.15, 0.2) is 0 Å². The number of hydrogen-bond acceptors (Lipinski definition) is 7. The summed E-state index contributed by atoms with van der Waals surface area (Å²) in [7, 11) is -3.95. The third-order valence-corrected chi connectivity index (χ3v) is 7.24. The molecule has 0 fully saturated rings. The fraction of sp³-hybridized carbons (Fsp3) is 0.240. The van der Waals surface area contributed by atoms with E-state index in [4.69, 9.17) is 21.4 Å². The molecular weight excluding hydrogens is 494 g/mol. The lowest BCUT2D eigenvalue weighted by Gasteiger charge is -2.13. The Bertz CT molecular complexity index is 1260. The van der Waals surface area contributed by atoms with Crippen molar-refractivity contribution in [2.45, 2.75) is 22.3 Å². The van der Waals surface area contributed by atoms with Crippen molar-refractivity contribution in [1.82, 2.24) is 5.32 Å². The SMILES string of the molecule is O=C(O)c1cc(S(=O)(=O)c2ccc(CCNC[C@@H](O)c3cccc(Cl)c3)cc2)ccc1OCCO. The molecule has 0 radical (unpaired) electrons. The summed E-state index contributed by atoms with van der Waals surface area (Å²) in [6, 6.07) is 17.0. The van der Waals surface area contributed by atoms with Crippen LogP contribution in [0.3, 0.4) is 0 Å². The highest BCUT2D eigenvalue weighted by Crippen LogP contribution is 2.27. The Morgan fingerprint density at radius 2 is 1.74 bits per heavy atom. The van der Waals surface area contributed by atoms with Crippen LogP contribution in [0.2, 0.25) is 5.02 Å². The first kappa shape index (κ1) is 26.7. The zero-order chi connectivity index (χ0) is 25.4. The fourth-order valence-corrected chi connectivity index (χ4v) is 4.88. The minimum Gasteiger partial charge on any atom is -0.490 e. The van der Waals surface area contributed by atoms with Crippen LogP contribution < -0.4 is 10.1 Å². The molecule has 0 heterocycles. The van der Waals surface area contributed by atoms with Gasteiger partial charge in [-0.25, -0.2) is 13.2 Å². The van der Waals surface area contributed by atoms with Gasteiger partial charge in [-0.15, -0.1) is 0 Å². The minimum atomic E-state index is -3.95. The molecule has 186 valence electrons. The Hall–Kier alpha value is -2.95. The lowest BCUT2D eigenvalue weighted by atomic mass is 10.1. The van der Waals surface area contributed by atoms with Crippen LogP contribution in [-0.4, -0.2) is 56.0 Å². The number of nitrogens with one attached hydrogen (secondary N) is 1. The highest BCUT2D eigenvalue weighted by atomic mass is 35.5. The molecule has 1 atom stereocenters. The summed E-state index contributed by atoms with van der Waals surface area (Å²) < 4.78 is 31.2. The number of carbonyl (C=O) groups is 1. The second kappa shape index (κ2) is 12.1. The van der Waals surface area contributed by atoms with Crippen molar-refractivity contribution in [2.24, 2.45) is 0 Å². The number of rotatable bonds is 12. The van der Waals surface area contributed by atoms with E-state index in [-0.39, 0.29) is 34.3 Å². The monoisotopic (exact) mass is 519 g/mol. The summed E-state index contributed by atoms with van der Waals surface area (Å²) in [6.45, 7) is 0.503. The molecule has 0 aliphatic rings. The molecule has 3 aromatic rings. The maximum absolute atomic E-state index is 13.0. The summed E-state index contributed by atoms with van der Waals surface area (Å²) in [5.74, 6) is -1.35. The predicted octanol–water partition coefficient (Wildman–Crippen LogP) is 3.11. The summed E-state index contributed by atoms with van der Waals surface area (Å²) >= 11 is 5.95. The molecular formula is C25H26ClNO7S. The van der Waals surface area contributed by atoms with Gasteiger partial charge in [0.1, 0.15) is 17.9 Å². The number of carboxylic acid groups (broad SMARTS) is 1. The number of aliphatic hydroxyl groups is 2. The van der Waals surface area contributed by atoms with Crippen molar-refractivity contribution in [1.29, 1.82) is 0 Å². The van der Waals surface area contributed by atoms with Crippen LogP contribution in [0.1, 0.15) is 27.6 Å². The Kier molecular flexibility index (Phi) is 9.25. The minimum absolute atomic E-state index is 0.0196. The first-order valence-electron chi connectivity index (χ1n) is 10.8. The van der Waals surface area contributed by atoms with E-state index < -0.39 is 21.9 Å². The van der Waals surface area contributed by atoms with Gasteiger partial charge in [-0.2, -0.15) is 0 Å². The first-order chi connectivity index (χ1) is 16.7. The zero-order valence-corrected chi connectivity index (χ0v) is 20.3. The molecule has 8 nitrogen and oxygen atoms in total. The van der Waals surface area contributed by atoms with Crippen molar-refractivity contribution in [2.75, 3.05) is 26.3 Å². The molecule has 4 N–H and O–H groups in total. The number of hydrogen-bond donors (Lipinski definition) is 4. The molecule has 0 saturated heterocycles. The van der Waals surface area contributed by atoms with Crippen molar-refractivity contribution in [3.05, 3.63) is 88.4 Å². The van der Waals surface area contributed by atoms with E-state index in [1.54, 1.807) is 36.4 Å². The number of sulfone groups is 1. The van der Waals surface area contributed by atoms with Crippen LogP contribution in [0.15, 0.2) is 76.5 Å². The summed E-state index contributed by atoms with van der Waals surface area (Å²) in [6.07, 6.45) is -0.0832. The van der Waals surface area contributed by atoms with Gasteiger partial charge < -0.3 is 25.4 Å². The number of ether oxygens (including phenoxy) is 1. The van der Waals surface area contributed by atoms with Crippen molar-refractivity contribution in [3.63, 3.8) is 0 Å². The van der Waals surface area contributed by atoms with Crippen molar-refractivity contribution >= 4 is 27.4 Å². The van der Waals surface area contributed by atoms with E-state index in [1.165, 1.54) is 24.3 Å². The second-order valence-electron chi connectivity index (χ2n) is 7.71. The first-order valence-corrected chi connectivity index (χ1v) is 12.7. The van der Waals surface area contributed by atoms with Gasteiger partial charge in [0.05, 0.1) is 22.5 Å². The number of carboxylic acids is 1. The molecule has 0 saturated carbocycles. The zero-order valence-electron chi connectivity index (χ0n) is 18.7. The van der Waals surface area contributed by atoms with Crippen molar-refractivity contribution < 1.29 is 33.3 Å². The van der Waals surface area contributed by atoms with Crippen LogP contribution >= 0.6 is 11.6 Å². The summed E-state index contributed by atoms with van der Waals surface area (Å²) in [5, 5.41) is 32.3. The van der Waals surface area contributed by atoms with Gasteiger partial charge in [0.25, 0.3) is 0 Å². The lowest BCUT2D eigenvalue weighted by molar-refractivity contribution is 0.0690. The fourth-order valence-electron chi connectivity index (χ4n) is 3.40. The predicted molar refractivity (Wildman–Crippen MR) is 131 cm³/mol. The van der Waals surface area contributed by atoms with E-state index >= 15 is 0 Å². The van der Waals surface area contributed by atoms with Gasteiger partial charge in [-0.05, 0) is 66.6 Å². The topological polar surface area (TPSA) is 133 Å². The molecule has 0 amide bonds. The third kappa shape index (κ3) is 7.03. The van der Waals surface area contributed by atoms with Gasteiger partial charge in [0.2, 0.25) is 9.84 Å². The Labute approximate surface area is 208 Å². The average Bonchev–Trinajstić information content (AvgIpc) is 2.85. The second-order valence-corrected chi connectivity index (χ2v) is 10.1. The molecule has 3 rings (SSSR count). The molecule has 0 aromatic heterocycles. The van der Waals surface area contributed by atoms with Gasteiger partial charge >= 0.3 is 5.97 Å². The molecule has 35 heavy (non-hydrogen) atoms. The summed E-state index contributed by atoms with van der Waals surface area (Å²) in [5.41, 5.74) is 1.31. The lowest BCUT2D eigenvalue weighted by Crippen LogP contribution is -2.23.